The molecular weight excluding hydrogens is 208 g/mol. The molecule has 0 unspecified atom stereocenters. The Hall–Kier alpha value is -1.63. The van der Waals surface area contributed by atoms with Gasteiger partial charge in [-0.15, -0.1) is 0 Å². The Bertz CT molecular complexity index is 621. The van der Waals surface area contributed by atoms with Gasteiger partial charge in [0.15, 0.2) is 0 Å². The minimum atomic E-state index is -0.358. The predicted molar refractivity (Wildman–Crippen MR) is 70.4 cm³/mol. The number of hydrogen-bond acceptors (Lipinski definition) is 1. The number of carbonyl (C=O) groups excluding carboxylic acids is 1. The minimum Gasteiger partial charge on any atom is -0.299 e. The van der Waals surface area contributed by atoms with Crippen molar-refractivity contribution in [2.45, 2.75) is 32.1 Å². The first-order chi connectivity index (χ1) is 8.06. The molecule has 3 rings (SSSR count). The fourth-order valence-corrected chi connectivity index (χ4v) is 3.20. The second kappa shape index (κ2) is 3.19. The van der Waals surface area contributed by atoms with Gasteiger partial charge in [-0.3, -0.25) is 4.79 Å². The molecule has 1 heteroatoms. The van der Waals surface area contributed by atoms with Crippen LogP contribution >= 0.6 is 0 Å². The first kappa shape index (κ1) is 10.5. The number of ketones is 1. The molecule has 0 aliphatic heterocycles. The minimum absolute atomic E-state index is 0.258. The third-order valence-electron chi connectivity index (χ3n) is 4.56. The van der Waals surface area contributed by atoms with E-state index in [1.165, 1.54) is 21.9 Å². The van der Waals surface area contributed by atoms with Crippen molar-refractivity contribution in [2.24, 2.45) is 0 Å². The topological polar surface area (TPSA) is 17.1 Å². The zero-order valence-corrected chi connectivity index (χ0v) is 10.4. The van der Waals surface area contributed by atoms with Crippen molar-refractivity contribution in [3.05, 3.63) is 47.5 Å². The average Bonchev–Trinajstić information content (AvgIpc) is 2.56. The van der Waals surface area contributed by atoms with Gasteiger partial charge in [0.1, 0.15) is 5.78 Å². The van der Waals surface area contributed by atoms with Gasteiger partial charge in [0.25, 0.3) is 0 Å². The van der Waals surface area contributed by atoms with Crippen molar-refractivity contribution < 1.29 is 4.79 Å². The molecular formula is C16H16O. The molecule has 0 N–H and O–H groups in total. The molecule has 2 atom stereocenters. The summed E-state index contributed by atoms with van der Waals surface area (Å²) in [6.07, 6.45) is 0. The lowest BCUT2D eigenvalue weighted by Crippen LogP contribution is -2.32. The van der Waals surface area contributed by atoms with Gasteiger partial charge in [0.2, 0.25) is 0 Å². The van der Waals surface area contributed by atoms with E-state index in [2.05, 4.69) is 50.2 Å². The fraction of sp³-hybridized carbons (Fsp3) is 0.312. The van der Waals surface area contributed by atoms with E-state index in [1.54, 1.807) is 6.92 Å². The molecule has 0 heterocycles. The predicted octanol–water partition coefficient (Wildman–Crippen LogP) is 3.80. The van der Waals surface area contributed by atoms with Crippen molar-refractivity contribution in [1.29, 1.82) is 0 Å². The zero-order valence-electron chi connectivity index (χ0n) is 10.4. The average molecular weight is 224 g/mol. The van der Waals surface area contributed by atoms with Crippen LogP contribution in [-0.2, 0) is 10.2 Å². The molecule has 0 aromatic heterocycles. The van der Waals surface area contributed by atoms with Gasteiger partial charge in [-0.2, -0.15) is 0 Å². The Morgan fingerprint density at radius 3 is 2.47 bits per heavy atom. The summed E-state index contributed by atoms with van der Waals surface area (Å²) in [4.78, 5) is 12.1. The molecule has 17 heavy (non-hydrogen) atoms. The normalized spacial score (nSPS) is 26.4. The summed E-state index contributed by atoms with van der Waals surface area (Å²) >= 11 is 0. The lowest BCUT2D eigenvalue weighted by atomic mass is 9.73. The highest BCUT2D eigenvalue weighted by Crippen LogP contribution is 2.50. The maximum absolute atomic E-state index is 12.1. The summed E-state index contributed by atoms with van der Waals surface area (Å²) in [5.41, 5.74) is 2.16. The Balaban J connectivity index is 2.46. The molecule has 2 aromatic rings. The van der Waals surface area contributed by atoms with Gasteiger partial charge in [0.05, 0.1) is 5.41 Å². The maximum Gasteiger partial charge on any atom is 0.140 e. The van der Waals surface area contributed by atoms with Crippen LogP contribution in [0.5, 0.6) is 0 Å². The van der Waals surface area contributed by atoms with E-state index in [4.69, 9.17) is 0 Å². The van der Waals surface area contributed by atoms with Crippen LogP contribution in [0.1, 0.15) is 37.8 Å². The number of Topliss-reactive ketones (excluding diaryl/α,β-unsaturated/α-hetero) is 1. The second-order valence-corrected chi connectivity index (χ2v) is 5.23. The number of carbonyl (C=O) groups is 1. The van der Waals surface area contributed by atoms with Crippen molar-refractivity contribution >= 4 is 16.6 Å². The van der Waals surface area contributed by atoms with Crippen LogP contribution in [-0.4, -0.2) is 5.78 Å². The quantitative estimate of drug-likeness (QED) is 0.720. The van der Waals surface area contributed by atoms with Gasteiger partial charge in [0, 0.05) is 0 Å². The van der Waals surface area contributed by atoms with Crippen molar-refractivity contribution in [3.63, 3.8) is 0 Å². The van der Waals surface area contributed by atoms with Gasteiger partial charge < -0.3 is 0 Å². The SMILES string of the molecule is CC(=O)[C@@]1(C)c2cccc3cccc(c23)[C@@H]1C. The lowest BCUT2D eigenvalue weighted by Gasteiger charge is -2.28. The van der Waals surface area contributed by atoms with E-state index in [9.17, 15) is 4.79 Å². The second-order valence-electron chi connectivity index (χ2n) is 5.23. The third-order valence-corrected chi connectivity index (χ3v) is 4.56. The summed E-state index contributed by atoms with van der Waals surface area (Å²) in [6.45, 7) is 5.95. The standard InChI is InChI=1S/C16H16O/c1-10-13-8-4-6-12-7-5-9-14(15(12)13)16(10,3)11(2)17/h4-10H,1-3H3/t10-,16-/m0/s1. The molecule has 1 aliphatic carbocycles. The zero-order chi connectivity index (χ0) is 12.2. The Labute approximate surface area is 101 Å². The van der Waals surface area contributed by atoms with E-state index in [-0.39, 0.29) is 17.1 Å². The summed E-state index contributed by atoms with van der Waals surface area (Å²) in [5, 5.41) is 2.54. The lowest BCUT2D eigenvalue weighted by molar-refractivity contribution is -0.122. The smallest absolute Gasteiger partial charge is 0.140 e. The highest BCUT2D eigenvalue weighted by molar-refractivity contribution is 6.01. The van der Waals surface area contributed by atoms with Crippen molar-refractivity contribution in [1.82, 2.24) is 0 Å². The Morgan fingerprint density at radius 1 is 1.18 bits per heavy atom. The van der Waals surface area contributed by atoms with Gasteiger partial charge in [-0.1, -0.05) is 43.3 Å². The molecule has 0 fully saturated rings. The molecule has 0 saturated carbocycles. The van der Waals surface area contributed by atoms with E-state index >= 15 is 0 Å². The number of benzene rings is 2. The van der Waals surface area contributed by atoms with Crippen molar-refractivity contribution in [2.75, 3.05) is 0 Å². The van der Waals surface area contributed by atoms with Crippen LogP contribution in [0, 0.1) is 0 Å². The van der Waals surface area contributed by atoms with Gasteiger partial charge in [-0.05, 0) is 41.7 Å². The molecule has 86 valence electrons. The summed E-state index contributed by atoms with van der Waals surface area (Å²) in [6, 6.07) is 12.7. The van der Waals surface area contributed by atoms with Gasteiger partial charge in [-0.25, -0.2) is 0 Å². The largest absolute Gasteiger partial charge is 0.299 e. The van der Waals surface area contributed by atoms with Gasteiger partial charge >= 0.3 is 0 Å². The molecule has 0 saturated heterocycles. The first-order valence-electron chi connectivity index (χ1n) is 6.10. The molecule has 0 bridgehead atoms. The van der Waals surface area contributed by atoms with Crippen LogP contribution in [0.25, 0.3) is 10.8 Å². The molecule has 0 spiro atoms. The fourth-order valence-electron chi connectivity index (χ4n) is 3.20. The molecule has 0 radical (unpaired) electrons. The molecule has 1 nitrogen and oxygen atoms in total. The van der Waals surface area contributed by atoms with E-state index in [1.807, 2.05) is 0 Å². The van der Waals surface area contributed by atoms with Crippen LogP contribution in [0.4, 0.5) is 0 Å². The van der Waals surface area contributed by atoms with Crippen LogP contribution in [0.15, 0.2) is 36.4 Å². The van der Waals surface area contributed by atoms with Crippen LogP contribution in [0.2, 0.25) is 0 Å². The monoisotopic (exact) mass is 224 g/mol. The number of hydrogen-bond donors (Lipinski definition) is 0. The molecule has 1 aliphatic rings. The van der Waals surface area contributed by atoms with Crippen LogP contribution < -0.4 is 0 Å². The summed E-state index contributed by atoms with van der Waals surface area (Å²) in [5.74, 6) is 0.523. The highest BCUT2D eigenvalue weighted by Gasteiger charge is 2.45. The molecule has 0 amide bonds. The highest BCUT2D eigenvalue weighted by atomic mass is 16.1. The van der Waals surface area contributed by atoms with E-state index in [0.29, 0.717) is 0 Å². The summed E-state index contributed by atoms with van der Waals surface area (Å²) in [7, 11) is 0. The van der Waals surface area contributed by atoms with Crippen LogP contribution in [0.3, 0.4) is 0 Å². The maximum atomic E-state index is 12.1. The first-order valence-corrected chi connectivity index (χ1v) is 6.10. The Kier molecular flexibility index (Phi) is 1.97. The van der Waals surface area contributed by atoms with E-state index in [0.717, 1.165) is 0 Å². The Morgan fingerprint density at radius 2 is 1.82 bits per heavy atom. The van der Waals surface area contributed by atoms with Crippen molar-refractivity contribution in [3.8, 4) is 0 Å². The third kappa shape index (κ3) is 1.12. The number of rotatable bonds is 1. The summed E-state index contributed by atoms with van der Waals surface area (Å²) < 4.78 is 0. The van der Waals surface area contributed by atoms with E-state index < -0.39 is 0 Å². The molecule has 2 aromatic carbocycles.